The molecular weight excluding hydrogens is 323 g/mol. The summed E-state index contributed by atoms with van der Waals surface area (Å²) in [5.41, 5.74) is 0.683. The van der Waals surface area contributed by atoms with E-state index in [9.17, 15) is 23.1 Å². The zero-order valence-corrected chi connectivity index (χ0v) is 12.5. The Kier molecular flexibility index (Phi) is 5.81. The Bertz CT molecular complexity index is 647. The van der Waals surface area contributed by atoms with Crippen LogP contribution in [0.3, 0.4) is 0 Å². The van der Waals surface area contributed by atoms with Gasteiger partial charge in [-0.15, -0.1) is 0 Å². The number of hydrogen-bond donors (Lipinski definition) is 2. The molecule has 0 saturated heterocycles. The van der Waals surface area contributed by atoms with Gasteiger partial charge in [-0.25, -0.2) is 4.79 Å². The third-order valence-electron chi connectivity index (χ3n) is 3.30. The lowest BCUT2D eigenvalue weighted by molar-refractivity contribution is -0.177. The van der Waals surface area contributed by atoms with E-state index in [1.165, 1.54) is 24.3 Å². The molecule has 0 bridgehead atoms. The van der Waals surface area contributed by atoms with Crippen LogP contribution in [0.1, 0.15) is 17.2 Å². The molecule has 0 aliphatic rings. The van der Waals surface area contributed by atoms with Crippen LogP contribution in [-0.4, -0.2) is 23.4 Å². The minimum atomic E-state index is -4.83. The maximum absolute atomic E-state index is 13.1. The summed E-state index contributed by atoms with van der Waals surface area (Å²) in [6.45, 7) is -0.168. The van der Waals surface area contributed by atoms with Gasteiger partial charge in [0.2, 0.25) is 0 Å². The number of nitrogens with one attached hydrogen (secondary N) is 1. The molecule has 0 unspecified atom stereocenters. The number of benzene rings is 2. The summed E-state index contributed by atoms with van der Waals surface area (Å²) in [6.07, 6.45) is -8.02. The van der Waals surface area contributed by atoms with E-state index in [0.717, 1.165) is 0 Å². The summed E-state index contributed by atoms with van der Waals surface area (Å²) in [4.78, 5) is 11.7. The quantitative estimate of drug-likeness (QED) is 0.875. The van der Waals surface area contributed by atoms with Gasteiger partial charge < -0.3 is 15.2 Å². The normalized spacial score (nSPS) is 13.8. The average molecular weight is 339 g/mol. The highest BCUT2D eigenvalue weighted by Gasteiger charge is 2.46. The molecule has 2 N–H and O–H groups in total. The van der Waals surface area contributed by atoms with Crippen LogP contribution < -0.4 is 5.32 Å². The van der Waals surface area contributed by atoms with E-state index >= 15 is 0 Å². The molecule has 2 atom stereocenters. The predicted molar refractivity (Wildman–Crippen MR) is 81.0 cm³/mol. The van der Waals surface area contributed by atoms with Crippen molar-refractivity contribution in [2.24, 2.45) is 0 Å². The Balaban J connectivity index is 2.02. The van der Waals surface area contributed by atoms with Crippen LogP contribution in [0.4, 0.5) is 18.0 Å². The number of hydrogen-bond acceptors (Lipinski definition) is 3. The first kappa shape index (κ1) is 17.8. The molecule has 0 heterocycles. The van der Waals surface area contributed by atoms with Crippen molar-refractivity contribution in [1.29, 1.82) is 0 Å². The lowest BCUT2D eigenvalue weighted by Gasteiger charge is -2.26. The summed E-state index contributed by atoms with van der Waals surface area (Å²) in [6, 6.07) is 13.4. The highest BCUT2D eigenvalue weighted by Crippen LogP contribution is 2.30. The van der Waals surface area contributed by atoms with Gasteiger partial charge in [0.25, 0.3) is 0 Å². The van der Waals surface area contributed by atoms with Crippen LogP contribution >= 0.6 is 0 Å². The van der Waals surface area contributed by atoms with Crippen molar-refractivity contribution < 1.29 is 27.8 Å². The number of aliphatic hydroxyl groups excluding tert-OH is 1. The highest BCUT2D eigenvalue weighted by atomic mass is 19.4. The molecule has 0 radical (unpaired) electrons. The van der Waals surface area contributed by atoms with Crippen molar-refractivity contribution in [3.05, 3.63) is 71.8 Å². The van der Waals surface area contributed by atoms with Crippen molar-refractivity contribution in [3.63, 3.8) is 0 Å². The maximum atomic E-state index is 13.1. The monoisotopic (exact) mass is 339 g/mol. The van der Waals surface area contributed by atoms with Crippen LogP contribution in [0.25, 0.3) is 0 Å². The van der Waals surface area contributed by atoms with E-state index in [0.29, 0.717) is 5.56 Å². The van der Waals surface area contributed by atoms with Gasteiger partial charge in [0, 0.05) is 0 Å². The van der Waals surface area contributed by atoms with E-state index in [1.54, 1.807) is 41.7 Å². The minimum Gasteiger partial charge on any atom is -0.445 e. The number of amides is 1. The van der Waals surface area contributed by atoms with Gasteiger partial charge in [0.15, 0.2) is 6.04 Å². The molecule has 0 aromatic heterocycles. The minimum absolute atomic E-state index is 0.0446. The van der Waals surface area contributed by atoms with Crippen molar-refractivity contribution in [2.75, 3.05) is 0 Å². The number of ether oxygens (including phenoxy) is 1. The van der Waals surface area contributed by atoms with Crippen molar-refractivity contribution in [2.45, 2.75) is 24.9 Å². The highest BCUT2D eigenvalue weighted by molar-refractivity contribution is 5.68. The summed E-state index contributed by atoms with van der Waals surface area (Å²) >= 11 is 0. The molecule has 24 heavy (non-hydrogen) atoms. The predicted octanol–water partition coefficient (Wildman–Crippen LogP) is 3.58. The zero-order chi connectivity index (χ0) is 17.6. The molecule has 0 fully saturated rings. The first-order chi connectivity index (χ1) is 11.4. The third kappa shape index (κ3) is 4.99. The zero-order valence-electron chi connectivity index (χ0n) is 12.5. The van der Waals surface area contributed by atoms with Gasteiger partial charge in [-0.3, -0.25) is 0 Å². The Morgan fingerprint density at radius 1 is 1.04 bits per heavy atom. The van der Waals surface area contributed by atoms with Gasteiger partial charge in [0.1, 0.15) is 12.7 Å². The molecule has 2 rings (SSSR count). The fourth-order valence-corrected chi connectivity index (χ4v) is 2.07. The lowest BCUT2D eigenvalue weighted by atomic mass is 10.0. The Labute approximate surface area is 136 Å². The van der Waals surface area contributed by atoms with E-state index in [2.05, 4.69) is 0 Å². The smallest absolute Gasteiger partial charge is 0.411 e. The van der Waals surface area contributed by atoms with Crippen LogP contribution in [0.2, 0.25) is 0 Å². The van der Waals surface area contributed by atoms with Crippen molar-refractivity contribution in [1.82, 2.24) is 5.32 Å². The van der Waals surface area contributed by atoms with Gasteiger partial charge >= 0.3 is 12.3 Å². The summed E-state index contributed by atoms with van der Waals surface area (Å²) < 4.78 is 44.2. The summed E-state index contributed by atoms with van der Waals surface area (Å²) in [5.74, 6) is 0. The van der Waals surface area contributed by atoms with Crippen LogP contribution in [0.15, 0.2) is 60.7 Å². The molecule has 0 aliphatic carbocycles. The third-order valence-corrected chi connectivity index (χ3v) is 3.30. The number of carbonyl (C=O) groups excluding carboxylic acids is 1. The molecule has 4 nitrogen and oxygen atoms in total. The molecule has 2 aromatic carbocycles. The second-order valence-corrected chi connectivity index (χ2v) is 5.08. The van der Waals surface area contributed by atoms with E-state index in [4.69, 9.17) is 4.74 Å². The molecule has 7 heteroatoms. The van der Waals surface area contributed by atoms with Crippen LogP contribution in [0.5, 0.6) is 0 Å². The first-order valence-electron chi connectivity index (χ1n) is 7.15. The molecule has 1 amide bonds. The molecule has 128 valence electrons. The SMILES string of the molecule is O=C(N[C@H]([C@H](O)c1ccccc1)C(F)(F)F)OCc1ccccc1. The molecule has 0 spiro atoms. The maximum Gasteiger partial charge on any atom is 0.411 e. The molecule has 0 aliphatic heterocycles. The number of carbonyl (C=O) groups is 1. The van der Waals surface area contributed by atoms with E-state index < -0.39 is 24.4 Å². The number of rotatable bonds is 5. The van der Waals surface area contributed by atoms with Crippen molar-refractivity contribution in [3.8, 4) is 0 Å². The molecule has 2 aromatic rings. The Morgan fingerprint density at radius 3 is 2.12 bits per heavy atom. The summed E-state index contributed by atoms with van der Waals surface area (Å²) in [7, 11) is 0. The number of aliphatic hydroxyl groups is 1. The number of alkyl carbamates (subject to hydrolysis) is 1. The topological polar surface area (TPSA) is 58.6 Å². The Hall–Kier alpha value is -2.54. The van der Waals surface area contributed by atoms with Gasteiger partial charge in [-0.2, -0.15) is 13.2 Å². The van der Waals surface area contributed by atoms with Crippen LogP contribution in [0, 0.1) is 0 Å². The van der Waals surface area contributed by atoms with Gasteiger partial charge in [0.05, 0.1) is 0 Å². The molecule has 0 saturated carbocycles. The average Bonchev–Trinajstić information content (AvgIpc) is 2.58. The second-order valence-electron chi connectivity index (χ2n) is 5.08. The number of alkyl halides is 3. The Morgan fingerprint density at radius 2 is 1.58 bits per heavy atom. The fraction of sp³-hybridized carbons (Fsp3) is 0.235. The fourth-order valence-electron chi connectivity index (χ4n) is 2.07. The number of halogens is 3. The molecular formula is C17H16F3NO3. The standard InChI is InChI=1S/C17H16F3NO3/c18-17(19,20)15(14(22)13-9-5-2-6-10-13)21-16(23)24-11-12-7-3-1-4-8-12/h1-10,14-15,22H,11H2,(H,21,23)/t14-,15-/m1/s1. The largest absolute Gasteiger partial charge is 0.445 e. The van der Waals surface area contributed by atoms with Gasteiger partial charge in [-0.05, 0) is 11.1 Å². The first-order valence-corrected chi connectivity index (χ1v) is 7.15. The van der Waals surface area contributed by atoms with E-state index in [1.807, 2.05) is 0 Å². The van der Waals surface area contributed by atoms with Crippen LogP contribution in [-0.2, 0) is 11.3 Å². The van der Waals surface area contributed by atoms with E-state index in [-0.39, 0.29) is 12.2 Å². The van der Waals surface area contributed by atoms with Crippen molar-refractivity contribution >= 4 is 6.09 Å². The summed E-state index contributed by atoms with van der Waals surface area (Å²) in [5, 5.41) is 11.6. The second kappa shape index (κ2) is 7.83. The van der Waals surface area contributed by atoms with Gasteiger partial charge in [-0.1, -0.05) is 60.7 Å². The lowest BCUT2D eigenvalue weighted by Crippen LogP contribution is -2.49.